The normalized spacial score (nSPS) is 15.8. The first kappa shape index (κ1) is 24.6. The van der Waals surface area contributed by atoms with Crippen molar-refractivity contribution in [2.75, 3.05) is 33.7 Å². The number of aryl methyl sites for hydroxylation is 1. The van der Waals surface area contributed by atoms with Crippen LogP contribution in [0, 0.1) is 19.7 Å². The average Bonchev–Trinajstić information content (AvgIpc) is 3.26. The fourth-order valence-corrected chi connectivity index (χ4v) is 5.52. The van der Waals surface area contributed by atoms with Crippen molar-refractivity contribution in [3.8, 4) is 0 Å². The standard InChI is InChI=1S/C23H29ClFN3O3S/c1-15-12-17(13-21(16(15)2)32(30,31)27(3)4)23(29)26-14-20(28-10-5-6-11-28)22-18(24)8-7-9-19(22)25/h7-9,12-13,20H,5-6,10-11,14H2,1-4H3,(H,26,29)/t20-/m1/s1. The van der Waals surface area contributed by atoms with Crippen LogP contribution in [0.3, 0.4) is 0 Å². The summed E-state index contributed by atoms with van der Waals surface area (Å²) in [4.78, 5) is 15.2. The summed E-state index contributed by atoms with van der Waals surface area (Å²) in [6, 6.07) is 7.23. The van der Waals surface area contributed by atoms with Gasteiger partial charge in [0.1, 0.15) is 5.82 Å². The van der Waals surface area contributed by atoms with Crippen LogP contribution in [-0.4, -0.2) is 57.3 Å². The van der Waals surface area contributed by atoms with Crippen LogP contribution in [0.4, 0.5) is 4.39 Å². The van der Waals surface area contributed by atoms with Crippen LogP contribution in [0.2, 0.25) is 5.02 Å². The smallest absolute Gasteiger partial charge is 0.251 e. The van der Waals surface area contributed by atoms with Crippen LogP contribution in [0.5, 0.6) is 0 Å². The van der Waals surface area contributed by atoms with E-state index in [1.54, 1.807) is 32.0 Å². The van der Waals surface area contributed by atoms with Gasteiger partial charge in [-0.2, -0.15) is 0 Å². The lowest BCUT2D eigenvalue weighted by atomic mass is 10.0. The molecule has 9 heteroatoms. The summed E-state index contributed by atoms with van der Waals surface area (Å²) < 4.78 is 41.2. The lowest BCUT2D eigenvalue weighted by molar-refractivity contribution is 0.0937. The van der Waals surface area contributed by atoms with Gasteiger partial charge in [-0.05, 0) is 75.2 Å². The third kappa shape index (κ3) is 4.98. The van der Waals surface area contributed by atoms with Crippen LogP contribution in [0.15, 0.2) is 35.2 Å². The number of sulfonamides is 1. The van der Waals surface area contributed by atoms with E-state index < -0.39 is 27.8 Å². The predicted molar refractivity (Wildman–Crippen MR) is 124 cm³/mol. The molecule has 0 radical (unpaired) electrons. The molecule has 1 fully saturated rings. The fraction of sp³-hybridized carbons (Fsp3) is 0.435. The van der Waals surface area contributed by atoms with Crippen molar-refractivity contribution in [2.24, 2.45) is 0 Å². The summed E-state index contributed by atoms with van der Waals surface area (Å²) in [5.41, 5.74) is 1.91. The van der Waals surface area contributed by atoms with Crippen LogP contribution in [-0.2, 0) is 10.0 Å². The minimum Gasteiger partial charge on any atom is -0.350 e. The molecule has 0 bridgehead atoms. The zero-order chi connectivity index (χ0) is 23.6. The molecule has 2 aromatic rings. The van der Waals surface area contributed by atoms with E-state index in [0.717, 1.165) is 30.2 Å². The summed E-state index contributed by atoms with van der Waals surface area (Å²) >= 11 is 6.32. The number of amides is 1. The monoisotopic (exact) mass is 481 g/mol. The number of nitrogens with zero attached hydrogens (tertiary/aromatic N) is 2. The van der Waals surface area contributed by atoms with Gasteiger partial charge < -0.3 is 5.32 Å². The molecule has 1 aliphatic rings. The fourth-order valence-electron chi connectivity index (χ4n) is 4.01. The zero-order valence-electron chi connectivity index (χ0n) is 18.8. The van der Waals surface area contributed by atoms with E-state index >= 15 is 0 Å². The van der Waals surface area contributed by atoms with E-state index in [1.807, 2.05) is 0 Å². The number of carbonyl (C=O) groups excluding carboxylic acids is 1. The molecule has 1 amide bonds. The highest BCUT2D eigenvalue weighted by Gasteiger charge is 2.29. The molecule has 1 heterocycles. The molecule has 174 valence electrons. The molecule has 32 heavy (non-hydrogen) atoms. The van der Waals surface area contributed by atoms with Crippen molar-refractivity contribution in [3.05, 3.63) is 63.4 Å². The molecule has 6 nitrogen and oxygen atoms in total. The molecule has 1 aliphatic heterocycles. The third-order valence-corrected chi connectivity index (χ3v) is 8.28. The van der Waals surface area contributed by atoms with Gasteiger partial charge in [0.15, 0.2) is 0 Å². The summed E-state index contributed by atoms with van der Waals surface area (Å²) in [6.45, 7) is 5.23. The largest absolute Gasteiger partial charge is 0.350 e. The maximum Gasteiger partial charge on any atom is 0.251 e. The molecular weight excluding hydrogens is 453 g/mol. The van der Waals surface area contributed by atoms with Crippen LogP contribution in [0.1, 0.15) is 45.9 Å². The molecule has 2 aromatic carbocycles. The first-order valence-electron chi connectivity index (χ1n) is 10.5. The Morgan fingerprint density at radius 3 is 2.47 bits per heavy atom. The Morgan fingerprint density at radius 2 is 1.88 bits per heavy atom. The Kier molecular flexibility index (Phi) is 7.60. The number of nitrogens with one attached hydrogen (secondary N) is 1. The van der Waals surface area contributed by atoms with Crippen LogP contribution >= 0.6 is 11.6 Å². The van der Waals surface area contributed by atoms with E-state index in [9.17, 15) is 17.6 Å². The van der Waals surface area contributed by atoms with Gasteiger partial charge in [-0.25, -0.2) is 17.1 Å². The highest BCUT2D eigenvalue weighted by molar-refractivity contribution is 7.89. The van der Waals surface area contributed by atoms with Gasteiger partial charge >= 0.3 is 0 Å². The second kappa shape index (κ2) is 9.87. The quantitative estimate of drug-likeness (QED) is 0.651. The third-order valence-electron chi connectivity index (χ3n) is 6.01. The molecule has 0 aromatic heterocycles. The molecule has 1 saturated heterocycles. The SMILES string of the molecule is Cc1cc(C(=O)NC[C@H](c2c(F)cccc2Cl)N2CCCC2)cc(S(=O)(=O)N(C)C)c1C. The summed E-state index contributed by atoms with van der Waals surface area (Å²) in [5, 5.41) is 3.19. The van der Waals surface area contributed by atoms with E-state index in [2.05, 4.69) is 10.2 Å². The van der Waals surface area contributed by atoms with E-state index in [0.29, 0.717) is 21.7 Å². The van der Waals surface area contributed by atoms with Gasteiger partial charge in [0.2, 0.25) is 10.0 Å². The molecular formula is C23H29ClFN3O3S. The Morgan fingerprint density at radius 1 is 1.22 bits per heavy atom. The van der Waals surface area contributed by atoms with Crippen molar-refractivity contribution < 1.29 is 17.6 Å². The number of halogens is 2. The second-order valence-electron chi connectivity index (χ2n) is 8.31. The molecule has 0 unspecified atom stereocenters. The lowest BCUT2D eigenvalue weighted by Gasteiger charge is -2.29. The molecule has 0 saturated carbocycles. The van der Waals surface area contributed by atoms with Gasteiger partial charge in [0.05, 0.1) is 10.9 Å². The van der Waals surface area contributed by atoms with Crippen LogP contribution < -0.4 is 5.32 Å². The van der Waals surface area contributed by atoms with Crippen molar-refractivity contribution in [1.29, 1.82) is 0 Å². The van der Waals surface area contributed by atoms with E-state index in [4.69, 9.17) is 11.6 Å². The van der Waals surface area contributed by atoms with Gasteiger partial charge in [-0.3, -0.25) is 9.69 Å². The second-order valence-corrected chi connectivity index (χ2v) is 10.8. The Balaban J connectivity index is 1.90. The van der Waals surface area contributed by atoms with Gasteiger partial charge in [-0.15, -0.1) is 0 Å². The maximum atomic E-state index is 14.7. The van der Waals surface area contributed by atoms with Gasteiger partial charge in [-0.1, -0.05) is 17.7 Å². The average molecular weight is 482 g/mol. The van der Waals surface area contributed by atoms with Gasteiger partial charge in [0, 0.05) is 36.8 Å². The molecule has 3 rings (SSSR count). The number of hydrogen-bond donors (Lipinski definition) is 1. The maximum absolute atomic E-state index is 14.7. The highest BCUT2D eigenvalue weighted by Crippen LogP contribution is 2.32. The summed E-state index contributed by atoms with van der Waals surface area (Å²) in [6.07, 6.45) is 2.00. The minimum absolute atomic E-state index is 0.0980. The van der Waals surface area contributed by atoms with Crippen molar-refractivity contribution in [2.45, 2.75) is 37.6 Å². The highest BCUT2D eigenvalue weighted by atomic mass is 35.5. The van der Waals surface area contributed by atoms with Crippen molar-refractivity contribution in [3.63, 3.8) is 0 Å². The molecule has 0 spiro atoms. The number of rotatable bonds is 7. The van der Waals surface area contributed by atoms with E-state index in [-0.39, 0.29) is 17.0 Å². The molecule has 0 aliphatic carbocycles. The topological polar surface area (TPSA) is 69.7 Å². The Bertz CT molecular complexity index is 1100. The number of carbonyl (C=O) groups is 1. The molecule has 1 N–H and O–H groups in total. The number of benzene rings is 2. The minimum atomic E-state index is -3.71. The molecule has 1 atom stereocenters. The predicted octanol–water partition coefficient (Wildman–Crippen LogP) is 3.91. The van der Waals surface area contributed by atoms with Gasteiger partial charge in [0.25, 0.3) is 5.91 Å². The number of likely N-dealkylation sites (tertiary alicyclic amines) is 1. The Hall–Kier alpha value is -2.00. The Labute approximate surface area is 194 Å². The van der Waals surface area contributed by atoms with Crippen LogP contribution in [0.25, 0.3) is 0 Å². The first-order valence-corrected chi connectivity index (χ1v) is 12.4. The van der Waals surface area contributed by atoms with E-state index in [1.165, 1.54) is 26.2 Å². The lowest BCUT2D eigenvalue weighted by Crippen LogP contribution is -2.37. The summed E-state index contributed by atoms with van der Waals surface area (Å²) in [7, 11) is -0.799. The first-order chi connectivity index (χ1) is 15.0. The number of hydrogen-bond acceptors (Lipinski definition) is 4. The zero-order valence-corrected chi connectivity index (χ0v) is 20.4. The van der Waals surface area contributed by atoms with Crippen molar-refractivity contribution >= 4 is 27.5 Å². The van der Waals surface area contributed by atoms with Crippen molar-refractivity contribution in [1.82, 2.24) is 14.5 Å². The summed E-state index contributed by atoms with van der Waals surface area (Å²) in [5.74, 6) is -0.825.